The van der Waals surface area contributed by atoms with Crippen molar-refractivity contribution < 1.29 is 9.13 Å². The van der Waals surface area contributed by atoms with Crippen LogP contribution in [0.5, 0.6) is 5.75 Å². The highest BCUT2D eigenvalue weighted by Gasteiger charge is 2.11. The molecule has 138 valence electrons. The molecule has 0 N–H and O–H groups in total. The minimum absolute atomic E-state index is 0.0797. The maximum absolute atomic E-state index is 14.3. The van der Waals surface area contributed by atoms with Gasteiger partial charge in [-0.1, -0.05) is 84.8 Å². The average molecular weight is 381 g/mol. The van der Waals surface area contributed by atoms with Gasteiger partial charge in [0, 0.05) is 0 Å². The van der Waals surface area contributed by atoms with Crippen LogP contribution in [-0.2, 0) is 0 Å². The normalized spacial score (nSPS) is 11.1. The molecular formula is C24H22ClFO. The Hall–Kier alpha value is -2.58. The van der Waals surface area contributed by atoms with Crippen molar-refractivity contribution in [1.82, 2.24) is 0 Å². The molecule has 3 aromatic rings. The molecule has 0 aromatic heterocycles. The number of hydrogen-bond donors (Lipinski definition) is 0. The van der Waals surface area contributed by atoms with Crippen LogP contribution >= 0.6 is 11.6 Å². The summed E-state index contributed by atoms with van der Waals surface area (Å²) in [6, 6.07) is 20.1. The third kappa shape index (κ3) is 4.78. The Balaban J connectivity index is 1.76. The van der Waals surface area contributed by atoms with E-state index in [1.54, 1.807) is 12.1 Å². The highest BCUT2D eigenvalue weighted by molar-refractivity contribution is 6.32. The van der Waals surface area contributed by atoms with Gasteiger partial charge in [0.15, 0.2) is 11.6 Å². The number of hydrogen-bond acceptors (Lipinski definition) is 1. The molecule has 27 heavy (non-hydrogen) atoms. The smallest absolute Gasteiger partial charge is 0.184 e. The van der Waals surface area contributed by atoms with Crippen molar-refractivity contribution in [3.63, 3.8) is 0 Å². The van der Waals surface area contributed by atoms with Gasteiger partial charge in [0.05, 0.1) is 11.6 Å². The van der Waals surface area contributed by atoms with E-state index in [4.69, 9.17) is 16.3 Å². The van der Waals surface area contributed by atoms with Gasteiger partial charge in [-0.2, -0.15) is 0 Å². The van der Waals surface area contributed by atoms with Crippen molar-refractivity contribution >= 4 is 23.8 Å². The van der Waals surface area contributed by atoms with Crippen molar-refractivity contribution in [2.75, 3.05) is 6.61 Å². The molecule has 1 nitrogen and oxygen atoms in total. The Bertz CT molecular complexity index is 928. The summed E-state index contributed by atoms with van der Waals surface area (Å²) in [5.41, 5.74) is 5.24. The molecule has 0 amide bonds. The van der Waals surface area contributed by atoms with Crippen molar-refractivity contribution in [2.24, 2.45) is 0 Å². The second-order valence-corrected chi connectivity index (χ2v) is 6.83. The predicted octanol–water partition coefficient (Wildman–Crippen LogP) is 7.41. The summed E-state index contributed by atoms with van der Waals surface area (Å²) in [7, 11) is 0. The first-order chi connectivity index (χ1) is 13.1. The fourth-order valence-electron chi connectivity index (χ4n) is 2.72. The van der Waals surface area contributed by atoms with Crippen LogP contribution in [0.1, 0.15) is 30.0 Å². The highest BCUT2D eigenvalue weighted by atomic mass is 35.5. The van der Waals surface area contributed by atoms with Gasteiger partial charge in [0.2, 0.25) is 0 Å². The van der Waals surface area contributed by atoms with Crippen LogP contribution in [0.3, 0.4) is 0 Å². The van der Waals surface area contributed by atoms with E-state index in [1.807, 2.05) is 31.2 Å². The second-order valence-electron chi connectivity index (χ2n) is 6.45. The number of halogens is 2. The molecule has 0 radical (unpaired) electrons. The zero-order valence-electron chi connectivity index (χ0n) is 15.5. The van der Waals surface area contributed by atoms with Crippen LogP contribution in [0, 0.1) is 12.7 Å². The molecule has 0 heterocycles. The topological polar surface area (TPSA) is 9.23 Å². The molecule has 0 unspecified atom stereocenters. The Labute approximate surface area is 165 Å². The van der Waals surface area contributed by atoms with Crippen LogP contribution in [0.2, 0.25) is 5.02 Å². The van der Waals surface area contributed by atoms with E-state index in [0.29, 0.717) is 12.2 Å². The van der Waals surface area contributed by atoms with Crippen LogP contribution in [0.4, 0.5) is 4.39 Å². The summed E-state index contributed by atoms with van der Waals surface area (Å²) in [6.45, 7) is 4.52. The standard InChI is InChI=1S/C24H22ClFO/c1-3-16-27-22-15-14-21(23(25)24(22)26)13-8-18-6-11-20(12-7-18)19-9-4-17(2)5-10-19/h4-15H,3,16H2,1-2H3/b13-8+. The molecule has 0 bridgehead atoms. The Kier molecular flexibility index (Phi) is 6.31. The largest absolute Gasteiger partial charge is 0.490 e. The van der Waals surface area contributed by atoms with Gasteiger partial charge in [0.25, 0.3) is 0 Å². The molecule has 3 aromatic carbocycles. The fourth-order valence-corrected chi connectivity index (χ4v) is 2.94. The quantitative estimate of drug-likeness (QED) is 0.404. The summed E-state index contributed by atoms with van der Waals surface area (Å²) in [6.07, 6.45) is 4.55. The second kappa shape index (κ2) is 8.88. The van der Waals surface area contributed by atoms with Crippen LogP contribution < -0.4 is 4.74 Å². The minimum atomic E-state index is -0.512. The predicted molar refractivity (Wildman–Crippen MR) is 113 cm³/mol. The molecule has 0 atom stereocenters. The number of benzene rings is 3. The van der Waals surface area contributed by atoms with Crippen molar-refractivity contribution in [1.29, 1.82) is 0 Å². The van der Waals surface area contributed by atoms with E-state index in [-0.39, 0.29) is 10.8 Å². The van der Waals surface area contributed by atoms with Gasteiger partial charge in [-0.25, -0.2) is 4.39 Å². The average Bonchev–Trinajstić information content (AvgIpc) is 2.69. The van der Waals surface area contributed by atoms with E-state index >= 15 is 0 Å². The number of ether oxygens (including phenoxy) is 1. The van der Waals surface area contributed by atoms with Crippen molar-refractivity contribution in [3.8, 4) is 16.9 Å². The molecule has 3 rings (SSSR count). The Morgan fingerprint density at radius 3 is 2.15 bits per heavy atom. The third-order valence-corrected chi connectivity index (χ3v) is 4.67. The first-order valence-electron chi connectivity index (χ1n) is 9.04. The lowest BCUT2D eigenvalue weighted by Crippen LogP contribution is -1.98. The summed E-state index contributed by atoms with van der Waals surface area (Å²) in [5, 5.41) is 0.0797. The third-order valence-electron chi connectivity index (χ3n) is 4.29. The van der Waals surface area contributed by atoms with Gasteiger partial charge in [-0.05, 0) is 47.7 Å². The fraction of sp³-hybridized carbons (Fsp3) is 0.167. The van der Waals surface area contributed by atoms with E-state index < -0.39 is 5.82 Å². The SMILES string of the molecule is CCCOc1ccc(/C=C/c2ccc(-c3ccc(C)cc3)cc2)c(Cl)c1F. The van der Waals surface area contributed by atoms with E-state index in [1.165, 1.54) is 11.1 Å². The van der Waals surface area contributed by atoms with Crippen LogP contribution in [0.15, 0.2) is 60.7 Å². The number of rotatable bonds is 6. The molecular weight excluding hydrogens is 359 g/mol. The maximum atomic E-state index is 14.3. The lowest BCUT2D eigenvalue weighted by molar-refractivity contribution is 0.301. The van der Waals surface area contributed by atoms with Crippen molar-refractivity contribution in [3.05, 3.63) is 88.2 Å². The summed E-state index contributed by atoms with van der Waals surface area (Å²) < 4.78 is 19.7. The highest BCUT2D eigenvalue weighted by Crippen LogP contribution is 2.30. The minimum Gasteiger partial charge on any atom is -0.490 e. The summed E-state index contributed by atoms with van der Waals surface area (Å²) in [4.78, 5) is 0. The molecule has 0 saturated carbocycles. The van der Waals surface area contributed by atoms with Crippen LogP contribution in [0.25, 0.3) is 23.3 Å². The first kappa shape index (κ1) is 19.2. The van der Waals surface area contributed by atoms with Gasteiger partial charge in [-0.15, -0.1) is 0 Å². The van der Waals surface area contributed by atoms with E-state index in [2.05, 4.69) is 43.3 Å². The molecule has 0 saturated heterocycles. The van der Waals surface area contributed by atoms with Gasteiger partial charge in [-0.3, -0.25) is 0 Å². The lowest BCUT2D eigenvalue weighted by atomic mass is 10.0. The van der Waals surface area contributed by atoms with E-state index in [9.17, 15) is 4.39 Å². The van der Waals surface area contributed by atoms with Crippen LogP contribution in [-0.4, -0.2) is 6.61 Å². The summed E-state index contributed by atoms with van der Waals surface area (Å²) in [5.74, 6) is -0.316. The van der Waals surface area contributed by atoms with Gasteiger partial charge >= 0.3 is 0 Å². The molecule has 0 spiro atoms. The van der Waals surface area contributed by atoms with Gasteiger partial charge in [0.1, 0.15) is 0 Å². The maximum Gasteiger partial charge on any atom is 0.184 e. The molecule has 0 fully saturated rings. The number of aryl methyl sites for hydroxylation is 1. The summed E-state index contributed by atoms with van der Waals surface area (Å²) >= 11 is 6.16. The van der Waals surface area contributed by atoms with Gasteiger partial charge < -0.3 is 4.74 Å². The Morgan fingerprint density at radius 1 is 0.889 bits per heavy atom. The molecule has 0 aliphatic heterocycles. The molecule has 0 aliphatic rings. The first-order valence-corrected chi connectivity index (χ1v) is 9.42. The Morgan fingerprint density at radius 2 is 1.52 bits per heavy atom. The molecule has 3 heteroatoms. The molecule has 0 aliphatic carbocycles. The monoisotopic (exact) mass is 380 g/mol. The zero-order valence-corrected chi connectivity index (χ0v) is 16.3. The van der Waals surface area contributed by atoms with E-state index in [0.717, 1.165) is 17.5 Å². The van der Waals surface area contributed by atoms with Crippen molar-refractivity contribution in [2.45, 2.75) is 20.3 Å². The zero-order chi connectivity index (χ0) is 19.2. The lowest BCUT2D eigenvalue weighted by Gasteiger charge is -2.08.